The van der Waals surface area contributed by atoms with Crippen molar-refractivity contribution in [3.8, 4) is 11.3 Å². The van der Waals surface area contributed by atoms with Crippen LogP contribution in [0.3, 0.4) is 0 Å². The molecule has 1 aromatic carbocycles. The molecule has 0 atom stereocenters. The van der Waals surface area contributed by atoms with E-state index < -0.39 is 24.2 Å². The maximum Gasteiger partial charge on any atom is 0.438 e. The molecular weight excluding hydrogens is 458 g/mol. The number of benzene rings is 1. The van der Waals surface area contributed by atoms with Gasteiger partial charge in [-0.15, -0.1) is 0 Å². The number of fused-ring (bicyclic) bond motifs is 1. The molecule has 3 aromatic heterocycles. The summed E-state index contributed by atoms with van der Waals surface area (Å²) in [4.78, 5) is 24.6. The molecule has 12 heteroatoms. The number of nitrogens with one attached hydrogen (secondary N) is 1. The summed E-state index contributed by atoms with van der Waals surface area (Å²) in [5.74, 6) is -0.386. The Morgan fingerprint density at radius 1 is 1.21 bits per heavy atom. The van der Waals surface area contributed by atoms with Gasteiger partial charge in [-0.3, -0.25) is 14.5 Å². The number of aromatic nitrogens is 4. The second kappa shape index (κ2) is 8.58. The molecule has 1 aliphatic heterocycles. The zero-order valence-corrected chi connectivity index (χ0v) is 17.7. The number of aromatic amines is 1. The normalized spacial score (nSPS) is 15.4. The van der Waals surface area contributed by atoms with E-state index >= 15 is 0 Å². The number of nitrogens with zero attached hydrogens (tertiary/aromatic N) is 4. The van der Waals surface area contributed by atoms with Gasteiger partial charge in [-0.2, -0.15) is 13.2 Å². The Labute approximate surface area is 189 Å². The second-order valence-electron chi connectivity index (χ2n) is 8.19. The van der Waals surface area contributed by atoms with E-state index in [-0.39, 0.29) is 23.6 Å². The van der Waals surface area contributed by atoms with Crippen LogP contribution in [0.4, 0.5) is 23.4 Å². The lowest BCUT2D eigenvalue weighted by Crippen LogP contribution is -2.34. The van der Waals surface area contributed by atoms with Crippen LogP contribution in [0.2, 0.25) is 0 Å². The van der Waals surface area contributed by atoms with Gasteiger partial charge < -0.3 is 9.32 Å². The monoisotopic (exact) mass is 477 g/mol. The van der Waals surface area contributed by atoms with Crippen LogP contribution in [-0.4, -0.2) is 39.4 Å². The van der Waals surface area contributed by atoms with Gasteiger partial charge in [-0.25, -0.2) is 14.2 Å². The number of piperidine rings is 1. The van der Waals surface area contributed by atoms with Crippen LogP contribution >= 0.6 is 0 Å². The fourth-order valence-corrected chi connectivity index (χ4v) is 4.19. The minimum atomic E-state index is -4.32. The fraction of sp³-hybridized carbons (Fsp3) is 0.364. The van der Waals surface area contributed by atoms with Gasteiger partial charge in [-0.1, -0.05) is 5.16 Å². The second-order valence-corrected chi connectivity index (χ2v) is 8.19. The van der Waals surface area contributed by atoms with E-state index in [9.17, 15) is 22.4 Å². The highest BCUT2D eigenvalue weighted by molar-refractivity contribution is 5.85. The molecule has 0 aliphatic carbocycles. The number of rotatable bonds is 5. The van der Waals surface area contributed by atoms with E-state index in [1.54, 1.807) is 12.1 Å². The third-order valence-corrected chi connectivity index (χ3v) is 5.89. The summed E-state index contributed by atoms with van der Waals surface area (Å²) in [7, 11) is 0. The smallest absolute Gasteiger partial charge is 0.438 e. The lowest BCUT2D eigenvalue weighted by molar-refractivity contribution is -0.134. The van der Waals surface area contributed by atoms with Gasteiger partial charge in [0.2, 0.25) is 0 Å². The van der Waals surface area contributed by atoms with Gasteiger partial charge >= 0.3 is 11.9 Å². The Balaban J connectivity index is 1.48. The first kappa shape index (κ1) is 22.1. The van der Waals surface area contributed by atoms with Crippen LogP contribution in [0.1, 0.15) is 36.7 Å². The number of aryl methyl sites for hydroxylation is 1. The first-order valence-corrected chi connectivity index (χ1v) is 10.7. The van der Waals surface area contributed by atoms with E-state index in [0.717, 1.165) is 0 Å². The van der Waals surface area contributed by atoms with E-state index in [1.165, 1.54) is 18.5 Å². The minimum Gasteiger partial charge on any atom is -0.461 e. The topological polar surface area (TPSA) is 101 Å². The molecule has 8 nitrogen and oxygen atoms in total. The van der Waals surface area contributed by atoms with Crippen molar-refractivity contribution in [3.63, 3.8) is 0 Å². The van der Waals surface area contributed by atoms with Crippen molar-refractivity contribution in [1.29, 1.82) is 0 Å². The quantitative estimate of drug-likeness (QED) is 0.420. The fourth-order valence-electron chi connectivity index (χ4n) is 4.19. The van der Waals surface area contributed by atoms with Crippen molar-refractivity contribution < 1.29 is 26.5 Å². The lowest BCUT2D eigenvalue weighted by atomic mass is 9.96. The molecule has 0 radical (unpaired) electrons. The minimum absolute atomic E-state index is 0.0350. The Bertz CT molecular complexity index is 1370. The van der Waals surface area contributed by atoms with Crippen LogP contribution < -0.4 is 10.7 Å². The van der Waals surface area contributed by atoms with Crippen LogP contribution in [0.25, 0.3) is 22.2 Å². The highest BCUT2D eigenvalue weighted by Gasteiger charge is 2.29. The highest BCUT2D eigenvalue weighted by atomic mass is 19.4. The molecule has 178 valence electrons. The van der Waals surface area contributed by atoms with E-state index in [1.807, 2.05) is 4.90 Å². The molecule has 4 heterocycles. The van der Waals surface area contributed by atoms with Gasteiger partial charge in [0.15, 0.2) is 23.0 Å². The molecule has 0 unspecified atom stereocenters. The van der Waals surface area contributed by atoms with Crippen LogP contribution in [-0.2, 0) is 6.42 Å². The van der Waals surface area contributed by atoms with Crippen LogP contribution in [0, 0.1) is 5.82 Å². The number of hydrogen-bond acceptors (Lipinski definition) is 7. The van der Waals surface area contributed by atoms with Gasteiger partial charge in [-0.05, 0) is 37.5 Å². The standard InChI is InChI=1S/C22H19F4N5O3/c23-16-10-14(9-13-4-8-33-18(13)16)17-20(28-15(11-27-17)1-5-22(24,25)26)31-6-2-12(3-7-31)19-29-21(32)34-30-19/h4,8-12H,1-3,5-7H2,(H,29,30,32). The molecule has 1 fully saturated rings. The van der Waals surface area contributed by atoms with Crippen molar-refractivity contribution in [2.24, 2.45) is 0 Å². The summed E-state index contributed by atoms with van der Waals surface area (Å²) in [6.45, 7) is 0.973. The molecule has 0 amide bonds. The van der Waals surface area contributed by atoms with Gasteiger partial charge in [0.05, 0.1) is 12.0 Å². The highest BCUT2D eigenvalue weighted by Crippen LogP contribution is 2.35. The van der Waals surface area contributed by atoms with Crippen LogP contribution in [0.15, 0.2) is 44.4 Å². The molecule has 4 aromatic rings. The zero-order chi connectivity index (χ0) is 23.9. The predicted molar refractivity (Wildman–Crippen MR) is 113 cm³/mol. The van der Waals surface area contributed by atoms with Gasteiger partial charge in [0, 0.05) is 42.6 Å². The summed E-state index contributed by atoms with van der Waals surface area (Å²) in [6.07, 6.45) is -1.76. The van der Waals surface area contributed by atoms with Gasteiger partial charge in [0.25, 0.3) is 0 Å². The zero-order valence-electron chi connectivity index (χ0n) is 17.7. The summed E-state index contributed by atoms with van der Waals surface area (Å²) in [5.41, 5.74) is 1.12. The molecule has 5 rings (SSSR count). The number of furan rings is 1. The molecule has 1 saturated heterocycles. The van der Waals surface area contributed by atoms with Gasteiger partial charge in [0.1, 0.15) is 5.69 Å². The van der Waals surface area contributed by atoms with Crippen molar-refractivity contribution in [3.05, 3.63) is 58.5 Å². The van der Waals surface area contributed by atoms with Crippen molar-refractivity contribution >= 4 is 16.8 Å². The number of H-pyrrole nitrogens is 1. The molecule has 34 heavy (non-hydrogen) atoms. The summed E-state index contributed by atoms with van der Waals surface area (Å²) in [6, 6.07) is 4.61. The number of halogens is 4. The van der Waals surface area contributed by atoms with Crippen molar-refractivity contribution in [2.45, 2.75) is 37.8 Å². The van der Waals surface area contributed by atoms with Crippen molar-refractivity contribution in [1.82, 2.24) is 20.1 Å². The molecule has 1 aliphatic rings. The Morgan fingerprint density at radius 2 is 2.00 bits per heavy atom. The van der Waals surface area contributed by atoms with Crippen molar-refractivity contribution in [2.75, 3.05) is 18.0 Å². The predicted octanol–water partition coefficient (Wildman–Crippen LogP) is 4.58. The third kappa shape index (κ3) is 4.52. The van der Waals surface area contributed by atoms with Crippen LogP contribution in [0.5, 0.6) is 0 Å². The Hall–Kier alpha value is -3.70. The Kier molecular flexibility index (Phi) is 5.58. The average Bonchev–Trinajstić information content (AvgIpc) is 3.46. The van der Waals surface area contributed by atoms with E-state index in [2.05, 4.69) is 24.6 Å². The first-order valence-electron chi connectivity index (χ1n) is 10.7. The van der Waals surface area contributed by atoms with E-state index in [4.69, 9.17) is 4.42 Å². The number of hydrogen-bond donors (Lipinski definition) is 1. The Morgan fingerprint density at radius 3 is 2.71 bits per heavy atom. The lowest BCUT2D eigenvalue weighted by Gasteiger charge is -2.32. The number of alkyl halides is 3. The summed E-state index contributed by atoms with van der Waals surface area (Å²) in [5, 5.41) is 4.29. The maximum absolute atomic E-state index is 14.6. The summed E-state index contributed by atoms with van der Waals surface area (Å²) < 4.78 is 62.6. The maximum atomic E-state index is 14.6. The third-order valence-electron chi connectivity index (χ3n) is 5.89. The molecule has 0 saturated carbocycles. The summed E-state index contributed by atoms with van der Waals surface area (Å²) >= 11 is 0. The first-order chi connectivity index (χ1) is 16.3. The molecule has 0 spiro atoms. The number of anilines is 1. The molecule has 0 bridgehead atoms. The molecular formula is C22H19F4N5O3. The largest absolute Gasteiger partial charge is 0.461 e. The average molecular weight is 477 g/mol. The molecule has 1 N–H and O–H groups in total. The van der Waals surface area contributed by atoms with E-state index in [0.29, 0.717) is 54.2 Å². The SMILES string of the molecule is O=c1[nH]c(C2CCN(c3nc(CCC(F)(F)F)cnc3-c3cc(F)c4occc4c3)CC2)no1.